The molecule has 0 bridgehead atoms. The van der Waals surface area contributed by atoms with E-state index in [0.29, 0.717) is 18.4 Å². The number of aliphatic hydroxyl groups excluding tert-OH is 1. The molecule has 0 unspecified atom stereocenters. The van der Waals surface area contributed by atoms with Crippen molar-refractivity contribution in [3.8, 4) is 0 Å². The molecule has 25 heteroatoms. The molecule has 1 heterocycles. The van der Waals surface area contributed by atoms with Gasteiger partial charge in [0.15, 0.2) is 0 Å². The Morgan fingerprint density at radius 3 is 1.77 bits per heavy atom. The number of primary amides is 1. The molecule has 1 aliphatic heterocycles. The minimum Gasteiger partial charge on any atom is -0.481 e. The number of carboxylic acid groups (broad SMARTS) is 2. The number of benzene rings is 1. The maximum absolute atomic E-state index is 14.0. The number of hydrogen-bond acceptors (Lipinski definition) is 14. The zero-order valence-corrected chi connectivity index (χ0v) is 39.4. The third-order valence-electron chi connectivity index (χ3n) is 11.1. The van der Waals surface area contributed by atoms with Crippen molar-refractivity contribution in [2.24, 2.45) is 23.1 Å². The van der Waals surface area contributed by atoms with Crippen molar-refractivity contribution in [3.05, 3.63) is 35.9 Å². The van der Waals surface area contributed by atoms with E-state index in [4.69, 9.17) is 22.3 Å². The smallest absolute Gasteiger partial charge is 0.326 e. The summed E-state index contributed by atoms with van der Waals surface area (Å²) in [5, 5.41) is 45.4. The number of nitrogens with one attached hydrogen (secondary N) is 7. The second-order valence-corrected chi connectivity index (χ2v) is 17.2. The topological polar surface area (TPSA) is 414 Å². The first kappa shape index (κ1) is 58.4. The van der Waals surface area contributed by atoms with Gasteiger partial charge in [-0.3, -0.25) is 47.9 Å². The van der Waals surface area contributed by atoms with Crippen LogP contribution in [0.1, 0.15) is 91.0 Å². The number of amides is 9. The molecule has 9 amide bonds. The van der Waals surface area contributed by atoms with E-state index in [1.807, 2.05) is 0 Å². The zero-order chi connectivity index (χ0) is 52.0. The minimum absolute atomic E-state index is 0.0482. The van der Waals surface area contributed by atoms with Crippen LogP contribution in [0, 0.1) is 5.92 Å². The van der Waals surface area contributed by atoms with E-state index in [1.54, 1.807) is 44.2 Å². The lowest BCUT2D eigenvalue weighted by Crippen LogP contribution is -2.60. The molecule has 0 aromatic heterocycles. The van der Waals surface area contributed by atoms with Gasteiger partial charge < -0.3 is 74.6 Å². The molecule has 0 radical (unpaired) electrons. The van der Waals surface area contributed by atoms with Crippen LogP contribution in [0.25, 0.3) is 0 Å². The summed E-state index contributed by atoms with van der Waals surface area (Å²) in [6.07, 6.45) is -0.715. The van der Waals surface area contributed by atoms with Crippen LogP contribution in [0.5, 0.6) is 0 Å². The lowest BCUT2D eigenvalue weighted by Gasteiger charge is -2.31. The zero-order valence-electron chi connectivity index (χ0n) is 39.4. The van der Waals surface area contributed by atoms with Crippen molar-refractivity contribution in [3.63, 3.8) is 0 Å². The molecule has 0 aliphatic carbocycles. The molecule has 1 aromatic rings. The molecule has 1 fully saturated rings. The van der Waals surface area contributed by atoms with Crippen LogP contribution in [0.4, 0.5) is 0 Å². The molecule has 1 aliphatic rings. The maximum Gasteiger partial charge on any atom is 0.326 e. The summed E-state index contributed by atoms with van der Waals surface area (Å²) in [6.45, 7) is 5.60. The number of carboxylic acids is 2. The molecule has 69 heavy (non-hydrogen) atoms. The number of nitrogens with zero attached hydrogens (tertiary/aromatic N) is 1. The monoisotopic (exact) mass is 976 g/mol. The number of carbonyl (C=O) groups excluding carboxylic acids is 9. The van der Waals surface area contributed by atoms with Gasteiger partial charge in [-0.25, -0.2) is 4.79 Å². The maximum atomic E-state index is 14.0. The first-order valence-corrected chi connectivity index (χ1v) is 22.8. The van der Waals surface area contributed by atoms with Gasteiger partial charge in [-0.05, 0) is 76.8 Å². The highest BCUT2D eigenvalue weighted by molar-refractivity contribution is 5.98. The van der Waals surface area contributed by atoms with Crippen LogP contribution in [-0.2, 0) is 59.2 Å². The Balaban J connectivity index is 2.30. The van der Waals surface area contributed by atoms with E-state index < -0.39 is 145 Å². The summed E-state index contributed by atoms with van der Waals surface area (Å²) in [6, 6.07) is -3.37. The third kappa shape index (κ3) is 19.8. The van der Waals surface area contributed by atoms with Crippen LogP contribution in [0.15, 0.2) is 30.3 Å². The van der Waals surface area contributed by atoms with Gasteiger partial charge in [0.1, 0.15) is 48.3 Å². The lowest BCUT2D eigenvalue weighted by molar-refractivity contribution is -0.144. The van der Waals surface area contributed by atoms with Crippen molar-refractivity contribution < 1.29 is 68.1 Å². The number of hydrogen-bond donors (Lipinski definition) is 13. The van der Waals surface area contributed by atoms with Crippen molar-refractivity contribution in [2.75, 3.05) is 19.7 Å². The number of aliphatic carboxylic acids is 2. The van der Waals surface area contributed by atoms with Gasteiger partial charge in [0.25, 0.3) is 0 Å². The Kier molecular flexibility index (Phi) is 24.7. The predicted octanol–water partition coefficient (Wildman–Crippen LogP) is -4.03. The molecule has 1 saturated heterocycles. The van der Waals surface area contributed by atoms with E-state index in [2.05, 4.69) is 37.2 Å². The summed E-state index contributed by atoms with van der Waals surface area (Å²) >= 11 is 0. The molecule has 0 saturated carbocycles. The number of rotatable bonds is 30. The van der Waals surface area contributed by atoms with Gasteiger partial charge in [-0.1, -0.05) is 44.2 Å². The van der Waals surface area contributed by atoms with Crippen LogP contribution in [0.2, 0.25) is 0 Å². The van der Waals surface area contributed by atoms with Gasteiger partial charge in [-0.2, -0.15) is 0 Å². The number of carbonyl (C=O) groups is 11. The highest BCUT2D eigenvalue weighted by atomic mass is 16.4. The average molecular weight is 976 g/mol. The van der Waals surface area contributed by atoms with Crippen molar-refractivity contribution in [2.45, 2.75) is 146 Å². The van der Waals surface area contributed by atoms with Gasteiger partial charge >= 0.3 is 11.9 Å². The first-order valence-electron chi connectivity index (χ1n) is 22.8. The fourth-order valence-electron chi connectivity index (χ4n) is 7.14. The number of nitrogens with two attached hydrogens (primary N) is 3. The number of unbranched alkanes of at least 4 members (excludes halogenated alkanes) is 1. The lowest BCUT2D eigenvalue weighted by atomic mass is 10.0. The fourth-order valence-corrected chi connectivity index (χ4v) is 7.14. The number of likely N-dealkylation sites (tertiary alicyclic amines) is 1. The molecule has 384 valence electrons. The van der Waals surface area contributed by atoms with E-state index in [0.717, 1.165) is 0 Å². The van der Waals surface area contributed by atoms with Crippen molar-refractivity contribution >= 4 is 65.1 Å². The molecule has 16 N–H and O–H groups in total. The second-order valence-electron chi connectivity index (χ2n) is 17.2. The molecular weight excluding hydrogens is 907 g/mol. The Bertz CT molecular complexity index is 1970. The SMILES string of the molecule is CC(C)[C@H](NC(=O)[C@H](C)N)C(=O)N1CCC[C@H]1C(=O)N[C@@H](Cc1ccccc1)C(=O)N[C@@H](C)C(=O)N[C@@H](CCC(N)=O)C(=O)N[C@@H](CCCCN)C(=O)N[C@@H](CO)C(=O)N[C@@H](CCC(=O)O)C(=O)O. The molecule has 0 spiro atoms. The van der Waals surface area contributed by atoms with Crippen LogP contribution in [-0.4, -0.2) is 159 Å². The molecule has 9 atom stereocenters. The van der Waals surface area contributed by atoms with Crippen molar-refractivity contribution in [1.29, 1.82) is 0 Å². The largest absolute Gasteiger partial charge is 0.481 e. The van der Waals surface area contributed by atoms with Crippen LogP contribution < -0.4 is 54.4 Å². The van der Waals surface area contributed by atoms with E-state index in [1.165, 1.54) is 18.7 Å². The highest BCUT2D eigenvalue weighted by Gasteiger charge is 2.40. The normalized spacial score (nSPS) is 16.8. The molecule has 1 aromatic carbocycles. The van der Waals surface area contributed by atoms with Gasteiger partial charge in [-0.15, -0.1) is 0 Å². The average Bonchev–Trinajstić information content (AvgIpc) is 3.79. The highest BCUT2D eigenvalue weighted by Crippen LogP contribution is 2.21. The second kappa shape index (κ2) is 29.2. The van der Waals surface area contributed by atoms with E-state index >= 15 is 0 Å². The van der Waals surface area contributed by atoms with Gasteiger partial charge in [0, 0.05) is 25.8 Å². The third-order valence-corrected chi connectivity index (χ3v) is 11.1. The molecule has 25 nitrogen and oxygen atoms in total. The fraction of sp³-hybridized carbons (Fsp3) is 0.614. The predicted molar refractivity (Wildman–Crippen MR) is 245 cm³/mol. The quantitative estimate of drug-likeness (QED) is 0.0327. The van der Waals surface area contributed by atoms with E-state index in [-0.39, 0.29) is 51.1 Å². The summed E-state index contributed by atoms with van der Waals surface area (Å²) in [5.41, 5.74) is 17.3. The number of aliphatic hydroxyl groups is 1. The minimum atomic E-state index is -1.75. The van der Waals surface area contributed by atoms with Gasteiger partial charge in [0.2, 0.25) is 53.2 Å². The Hall–Kier alpha value is -6.73. The summed E-state index contributed by atoms with van der Waals surface area (Å²) < 4.78 is 0. The first-order chi connectivity index (χ1) is 32.5. The summed E-state index contributed by atoms with van der Waals surface area (Å²) in [5.74, 6) is -10.7. The van der Waals surface area contributed by atoms with E-state index in [9.17, 15) is 63.0 Å². The molecular formula is C44H69N11O14. The Morgan fingerprint density at radius 2 is 1.22 bits per heavy atom. The molecule has 2 rings (SSSR count). The Labute approximate surface area is 399 Å². The van der Waals surface area contributed by atoms with Crippen LogP contribution in [0.3, 0.4) is 0 Å². The summed E-state index contributed by atoms with van der Waals surface area (Å²) in [4.78, 5) is 144. The standard InChI is InChI=1S/C44H69N11O14/c1-23(2)35(54-36(60)24(3)46)43(67)55-20-10-14-32(55)42(66)52-30(21-26-11-6-5-7-12-26)40(64)48-25(4)37(61)49-28(15-17-33(47)57)39(63)50-27(13-8-9-19-45)38(62)53-31(22-56)41(65)51-29(44(68)69)16-18-34(58)59/h5-7,11-12,23-25,27-32,35,56H,8-10,13-22,45-46H2,1-4H3,(H2,47,57)(H,48,64)(H,49,61)(H,50,63)(H,51,65)(H,52,66)(H,53,62)(H,54,60)(H,58,59)(H,68,69)/t24-,25-,27-,28-,29-,30-,31-,32-,35-/m0/s1. The van der Waals surface area contributed by atoms with Gasteiger partial charge in [0.05, 0.1) is 12.6 Å². The Morgan fingerprint density at radius 1 is 0.667 bits per heavy atom. The summed E-state index contributed by atoms with van der Waals surface area (Å²) in [7, 11) is 0. The van der Waals surface area contributed by atoms with Crippen LogP contribution >= 0.6 is 0 Å². The van der Waals surface area contributed by atoms with Crippen molar-refractivity contribution in [1.82, 2.24) is 42.1 Å².